The van der Waals surface area contributed by atoms with Gasteiger partial charge in [0.25, 0.3) is 0 Å². The molecule has 1 heterocycles. The van der Waals surface area contributed by atoms with E-state index in [9.17, 15) is 0 Å². The highest BCUT2D eigenvalue weighted by atomic mass is 32.1. The first kappa shape index (κ1) is 34.8. The molecular formula is C62H36S. The Hall–Kier alpha value is -7.84. The van der Waals surface area contributed by atoms with Gasteiger partial charge in [0.15, 0.2) is 0 Å². The minimum absolute atomic E-state index is 1.21. The molecule has 0 unspecified atom stereocenters. The Bertz CT molecular complexity index is 4110. The molecule has 0 aliphatic rings. The number of thiophene rings is 1. The Morgan fingerprint density at radius 3 is 1.16 bits per heavy atom. The molecular weight excluding hydrogens is 777 g/mol. The number of hydrogen-bond donors (Lipinski definition) is 0. The maximum atomic E-state index is 2.40. The van der Waals surface area contributed by atoms with E-state index < -0.39 is 0 Å². The second-order valence-electron chi connectivity index (χ2n) is 17.2. The van der Waals surface area contributed by atoms with Crippen molar-refractivity contribution in [1.82, 2.24) is 0 Å². The van der Waals surface area contributed by atoms with Crippen molar-refractivity contribution in [3.05, 3.63) is 218 Å². The van der Waals surface area contributed by atoms with Crippen LogP contribution in [0.15, 0.2) is 218 Å². The van der Waals surface area contributed by atoms with Crippen molar-refractivity contribution < 1.29 is 0 Å². The molecule has 0 aliphatic heterocycles. The van der Waals surface area contributed by atoms with Gasteiger partial charge in [0.1, 0.15) is 0 Å². The zero-order valence-electron chi connectivity index (χ0n) is 34.2. The van der Waals surface area contributed by atoms with Crippen LogP contribution in [0.3, 0.4) is 0 Å². The van der Waals surface area contributed by atoms with Crippen molar-refractivity contribution in [1.29, 1.82) is 0 Å². The molecule has 0 fully saturated rings. The Labute approximate surface area is 368 Å². The van der Waals surface area contributed by atoms with Gasteiger partial charge in [0, 0.05) is 20.2 Å². The van der Waals surface area contributed by atoms with Crippen molar-refractivity contribution in [2.75, 3.05) is 0 Å². The highest BCUT2D eigenvalue weighted by Crippen LogP contribution is 2.45. The van der Waals surface area contributed by atoms with Gasteiger partial charge in [-0.25, -0.2) is 0 Å². The van der Waals surface area contributed by atoms with Crippen molar-refractivity contribution in [2.45, 2.75) is 0 Å². The van der Waals surface area contributed by atoms with E-state index in [1.165, 1.54) is 140 Å². The lowest BCUT2D eigenvalue weighted by atomic mass is 9.86. The highest BCUT2D eigenvalue weighted by molar-refractivity contribution is 7.25. The summed E-state index contributed by atoms with van der Waals surface area (Å²) >= 11 is 1.87. The first-order valence-corrected chi connectivity index (χ1v) is 22.6. The lowest BCUT2D eigenvalue weighted by Crippen LogP contribution is -1.90. The lowest BCUT2D eigenvalue weighted by molar-refractivity contribution is 1.58. The highest BCUT2D eigenvalue weighted by Gasteiger charge is 2.17. The summed E-state index contributed by atoms with van der Waals surface area (Å²) in [6, 6.07) is 81.8. The molecule has 0 amide bonds. The van der Waals surface area contributed by atoms with E-state index in [1.54, 1.807) is 0 Å². The molecule has 13 aromatic carbocycles. The second kappa shape index (κ2) is 13.3. The quantitative estimate of drug-likeness (QED) is 0.152. The van der Waals surface area contributed by atoms with Gasteiger partial charge in [0.05, 0.1) is 0 Å². The summed E-state index contributed by atoms with van der Waals surface area (Å²) in [6.07, 6.45) is 0. The fourth-order valence-corrected chi connectivity index (χ4v) is 11.9. The average Bonchev–Trinajstić information content (AvgIpc) is 3.73. The van der Waals surface area contributed by atoms with Crippen LogP contribution in [-0.2, 0) is 0 Å². The topological polar surface area (TPSA) is 0 Å². The van der Waals surface area contributed by atoms with E-state index in [2.05, 4.69) is 218 Å². The van der Waals surface area contributed by atoms with E-state index in [0.717, 1.165) is 0 Å². The maximum Gasteiger partial charge on any atom is 0.0355 e. The van der Waals surface area contributed by atoms with Crippen LogP contribution >= 0.6 is 11.3 Å². The minimum Gasteiger partial charge on any atom is -0.135 e. The molecule has 290 valence electrons. The number of rotatable bonds is 5. The van der Waals surface area contributed by atoms with Crippen LogP contribution in [0.25, 0.3) is 140 Å². The monoisotopic (exact) mass is 812 g/mol. The van der Waals surface area contributed by atoms with Crippen LogP contribution < -0.4 is 0 Å². The summed E-state index contributed by atoms with van der Waals surface area (Å²) in [5.74, 6) is 0. The second-order valence-corrected chi connectivity index (χ2v) is 18.2. The van der Waals surface area contributed by atoms with E-state index in [4.69, 9.17) is 0 Å². The Kier molecular flexibility index (Phi) is 7.37. The van der Waals surface area contributed by atoms with Gasteiger partial charge in [-0.15, -0.1) is 11.3 Å². The zero-order chi connectivity index (χ0) is 41.2. The first-order chi connectivity index (χ1) is 31.2. The zero-order valence-corrected chi connectivity index (χ0v) is 35.0. The molecule has 0 bridgehead atoms. The smallest absolute Gasteiger partial charge is 0.0355 e. The minimum atomic E-state index is 1.21. The molecule has 1 heteroatoms. The predicted octanol–water partition coefficient (Wildman–Crippen LogP) is 18.2. The Morgan fingerprint density at radius 2 is 0.603 bits per heavy atom. The van der Waals surface area contributed by atoms with Crippen LogP contribution in [0.5, 0.6) is 0 Å². The normalized spacial score (nSPS) is 12.1. The molecule has 0 atom stereocenters. The average molecular weight is 813 g/mol. The van der Waals surface area contributed by atoms with Crippen LogP contribution in [0.1, 0.15) is 0 Å². The summed E-state index contributed by atoms with van der Waals surface area (Å²) in [7, 11) is 0. The molecule has 0 N–H and O–H groups in total. The van der Waals surface area contributed by atoms with Gasteiger partial charge in [0.2, 0.25) is 0 Å². The van der Waals surface area contributed by atoms with Crippen molar-refractivity contribution >= 4 is 96.1 Å². The Morgan fingerprint density at radius 1 is 0.206 bits per heavy atom. The van der Waals surface area contributed by atoms with Crippen LogP contribution in [0, 0.1) is 0 Å². The molecule has 0 saturated carbocycles. The van der Waals surface area contributed by atoms with Crippen molar-refractivity contribution in [2.24, 2.45) is 0 Å². The van der Waals surface area contributed by atoms with Gasteiger partial charge >= 0.3 is 0 Å². The third kappa shape index (κ3) is 5.27. The summed E-state index contributed by atoms with van der Waals surface area (Å²) in [5, 5.41) is 18.4. The molecule has 14 aromatic rings. The van der Waals surface area contributed by atoms with Crippen LogP contribution in [-0.4, -0.2) is 0 Å². The Balaban J connectivity index is 0.819. The molecule has 0 radical (unpaired) electrons. The summed E-state index contributed by atoms with van der Waals surface area (Å²) in [4.78, 5) is 0. The van der Waals surface area contributed by atoms with Gasteiger partial charge in [-0.3, -0.25) is 0 Å². The third-order valence-electron chi connectivity index (χ3n) is 13.8. The van der Waals surface area contributed by atoms with E-state index in [-0.39, 0.29) is 0 Å². The van der Waals surface area contributed by atoms with E-state index >= 15 is 0 Å². The number of hydrogen-bond acceptors (Lipinski definition) is 1. The van der Waals surface area contributed by atoms with Crippen molar-refractivity contribution in [3.8, 4) is 55.6 Å². The van der Waals surface area contributed by atoms with Gasteiger partial charge in [-0.1, -0.05) is 188 Å². The van der Waals surface area contributed by atoms with Crippen LogP contribution in [0.4, 0.5) is 0 Å². The van der Waals surface area contributed by atoms with E-state index in [1.807, 2.05) is 11.3 Å². The largest absolute Gasteiger partial charge is 0.135 e. The molecule has 0 spiro atoms. The van der Waals surface area contributed by atoms with Crippen molar-refractivity contribution in [3.63, 3.8) is 0 Å². The fraction of sp³-hybridized carbons (Fsp3) is 0. The molecule has 0 nitrogen and oxygen atoms in total. The molecule has 0 saturated heterocycles. The lowest BCUT2D eigenvalue weighted by Gasteiger charge is -2.17. The summed E-state index contributed by atoms with van der Waals surface area (Å²) in [5.41, 5.74) is 12.4. The fourth-order valence-electron chi connectivity index (χ4n) is 10.8. The predicted molar refractivity (Wildman–Crippen MR) is 274 cm³/mol. The summed E-state index contributed by atoms with van der Waals surface area (Å²) in [6.45, 7) is 0. The maximum absolute atomic E-state index is 2.40. The molecule has 63 heavy (non-hydrogen) atoms. The molecule has 14 rings (SSSR count). The molecule has 0 aliphatic carbocycles. The summed E-state index contributed by atoms with van der Waals surface area (Å²) < 4.78 is 2.67. The van der Waals surface area contributed by atoms with Gasteiger partial charge in [-0.2, -0.15) is 0 Å². The molecule has 1 aromatic heterocycles. The van der Waals surface area contributed by atoms with Gasteiger partial charge < -0.3 is 0 Å². The standard InChI is InChI=1S/C62H36S/c1-2-13-57-52(12-1)56-36-48(26-33-58(56)63-57)51-29-22-43-24-31-54-50(28-21-42-25-32-55(51)62(43)61(42)54)47-11-5-9-45(35-47)38-16-14-37(15-17-38)44-8-4-10-46(34-44)49-27-20-41-19-18-39-6-3-7-40-23-30-53(49)60(41)59(39)40/h1-36H. The number of benzene rings is 13. The van der Waals surface area contributed by atoms with Gasteiger partial charge in [-0.05, 0) is 151 Å². The third-order valence-corrected chi connectivity index (χ3v) is 14.9. The first-order valence-electron chi connectivity index (χ1n) is 21.8. The number of fused-ring (bicyclic) bond motifs is 3. The van der Waals surface area contributed by atoms with Crippen LogP contribution in [0.2, 0.25) is 0 Å². The SMILES string of the molecule is c1cc(-c2ccc(-c3cccc(-c4ccc5ccc6c(-c7ccc8sc9ccccc9c8c7)ccc7ccc4c5c76)c3)cc2)cc(-c2ccc3ccc4cccc5ccc2c3c45)c1. The van der Waals surface area contributed by atoms with E-state index in [0.29, 0.717) is 0 Å².